The molecule has 1 amide bonds. The molecule has 47 heavy (non-hydrogen) atoms. The minimum atomic E-state index is -0.773. The van der Waals surface area contributed by atoms with E-state index >= 15 is 0 Å². The first kappa shape index (κ1) is 28.9. The summed E-state index contributed by atoms with van der Waals surface area (Å²) in [4.78, 5) is 36.5. The van der Waals surface area contributed by atoms with Gasteiger partial charge in [0.1, 0.15) is 35.5 Å². The van der Waals surface area contributed by atoms with E-state index in [1.54, 1.807) is 31.6 Å². The molecule has 8 rings (SSSR count). The predicted octanol–water partition coefficient (Wildman–Crippen LogP) is 4.05. The molecule has 238 valence electrons. The zero-order valence-electron chi connectivity index (χ0n) is 25.6. The number of carbonyl (C=O) groups excluding carboxylic acids is 1. The molecule has 14 heteroatoms. The van der Waals surface area contributed by atoms with Gasteiger partial charge in [0.2, 0.25) is 5.91 Å². The number of aromatic nitrogens is 7. The molecule has 4 aromatic heterocycles. The van der Waals surface area contributed by atoms with Crippen LogP contribution in [0.4, 0.5) is 20.4 Å². The Morgan fingerprint density at radius 3 is 2.72 bits per heavy atom. The maximum absolute atomic E-state index is 14.8. The molecule has 1 saturated heterocycles. The van der Waals surface area contributed by atoms with Gasteiger partial charge in [-0.3, -0.25) is 4.79 Å². The number of pyridine rings is 1. The van der Waals surface area contributed by atoms with Crippen molar-refractivity contribution in [2.75, 3.05) is 37.5 Å². The van der Waals surface area contributed by atoms with Gasteiger partial charge in [-0.25, -0.2) is 33.4 Å². The van der Waals surface area contributed by atoms with Crippen molar-refractivity contribution in [3.63, 3.8) is 0 Å². The Morgan fingerprint density at radius 2 is 1.87 bits per heavy atom. The highest BCUT2D eigenvalue weighted by Crippen LogP contribution is 2.34. The van der Waals surface area contributed by atoms with Gasteiger partial charge in [-0.1, -0.05) is 18.2 Å². The summed E-state index contributed by atoms with van der Waals surface area (Å²) in [6.45, 7) is 1.24. The quantitative estimate of drug-likeness (QED) is 0.307. The normalized spacial score (nSPS) is 20.0. The van der Waals surface area contributed by atoms with Gasteiger partial charge in [0.25, 0.3) is 0 Å². The fourth-order valence-corrected chi connectivity index (χ4v) is 6.72. The maximum atomic E-state index is 14.8. The van der Waals surface area contributed by atoms with Crippen molar-refractivity contribution in [2.24, 2.45) is 0 Å². The second-order valence-corrected chi connectivity index (χ2v) is 11.9. The summed E-state index contributed by atoms with van der Waals surface area (Å²) >= 11 is 0. The van der Waals surface area contributed by atoms with Crippen LogP contribution in [0.15, 0.2) is 73.4 Å². The second kappa shape index (κ2) is 11.4. The number of nitrogens with zero attached hydrogens (tertiary/aromatic N) is 9. The van der Waals surface area contributed by atoms with E-state index in [1.807, 2.05) is 41.3 Å². The van der Waals surface area contributed by atoms with E-state index in [0.717, 1.165) is 28.4 Å². The number of benzene rings is 2. The highest BCUT2D eigenvalue weighted by Gasteiger charge is 2.40. The molecule has 2 aliphatic heterocycles. The lowest BCUT2D eigenvalue weighted by Gasteiger charge is -2.30. The Hall–Kier alpha value is -5.50. The summed E-state index contributed by atoms with van der Waals surface area (Å²) < 4.78 is 37.7. The lowest BCUT2D eigenvalue weighted by molar-refractivity contribution is -0.132. The summed E-state index contributed by atoms with van der Waals surface area (Å²) in [6, 6.07) is 14.3. The first-order valence-corrected chi connectivity index (χ1v) is 15.2. The van der Waals surface area contributed by atoms with Gasteiger partial charge in [0.05, 0.1) is 47.3 Å². The summed E-state index contributed by atoms with van der Waals surface area (Å²) in [6.07, 6.45) is 4.85. The SMILES string of the molecule is CO[C@@H]1CN(C)C(=O)[C@@H]2C[C@@H](CN2c2ncnc3c2cnn3-c2ccc(F)cc2F)Nc2cccc(n2)-c2cccc3ncn(c23)C1. The topological polar surface area (TPSA) is 119 Å². The average molecular weight is 637 g/mol. The van der Waals surface area contributed by atoms with Gasteiger partial charge in [0, 0.05) is 44.9 Å². The zero-order chi connectivity index (χ0) is 32.2. The number of hydrogen-bond acceptors (Lipinski definition) is 9. The Bertz CT molecular complexity index is 2150. The third-order valence-electron chi connectivity index (χ3n) is 8.94. The number of hydrogen-bond donors (Lipinski definition) is 1. The summed E-state index contributed by atoms with van der Waals surface area (Å²) in [5, 5.41) is 8.46. The van der Waals surface area contributed by atoms with Gasteiger partial charge in [-0.2, -0.15) is 5.10 Å². The third-order valence-corrected chi connectivity index (χ3v) is 8.94. The van der Waals surface area contributed by atoms with Crippen LogP contribution in [-0.2, 0) is 16.1 Å². The molecule has 0 aliphatic carbocycles. The number of carbonyl (C=O) groups is 1. The lowest BCUT2D eigenvalue weighted by atomic mass is 10.1. The molecule has 6 heterocycles. The largest absolute Gasteiger partial charge is 0.378 e. The number of imidazole rings is 1. The predicted molar refractivity (Wildman–Crippen MR) is 171 cm³/mol. The van der Waals surface area contributed by atoms with E-state index in [2.05, 4.69) is 29.9 Å². The van der Waals surface area contributed by atoms with E-state index in [1.165, 1.54) is 23.1 Å². The molecule has 2 aliphatic rings. The summed E-state index contributed by atoms with van der Waals surface area (Å²) in [7, 11) is 3.42. The van der Waals surface area contributed by atoms with E-state index in [4.69, 9.17) is 9.72 Å². The molecular formula is C33H30F2N10O2. The van der Waals surface area contributed by atoms with Gasteiger partial charge in [-0.05, 0) is 36.8 Å². The summed E-state index contributed by atoms with van der Waals surface area (Å²) in [5.74, 6) is -0.407. The minimum Gasteiger partial charge on any atom is -0.378 e. The van der Waals surface area contributed by atoms with Crippen LogP contribution in [0.25, 0.3) is 39.0 Å². The number of halogens is 2. The van der Waals surface area contributed by atoms with Crippen LogP contribution in [0, 0.1) is 11.6 Å². The van der Waals surface area contributed by atoms with E-state index in [9.17, 15) is 13.6 Å². The molecule has 0 spiro atoms. The van der Waals surface area contributed by atoms with Crippen molar-refractivity contribution in [1.29, 1.82) is 0 Å². The van der Waals surface area contributed by atoms with E-state index < -0.39 is 17.7 Å². The molecular weight excluding hydrogens is 606 g/mol. The molecule has 3 atom stereocenters. The van der Waals surface area contributed by atoms with Crippen LogP contribution in [0.3, 0.4) is 0 Å². The number of ether oxygens (including phenoxy) is 1. The first-order chi connectivity index (χ1) is 22.9. The fraction of sp³-hybridized carbons (Fsp3) is 0.273. The molecule has 0 radical (unpaired) electrons. The number of methoxy groups -OCH3 is 1. The van der Waals surface area contributed by atoms with Crippen molar-refractivity contribution >= 4 is 39.6 Å². The molecule has 12 nitrogen and oxygen atoms in total. The van der Waals surface area contributed by atoms with Crippen LogP contribution < -0.4 is 10.2 Å². The van der Waals surface area contributed by atoms with Gasteiger partial charge < -0.3 is 24.4 Å². The standard InChI is InChI=1S/C33H30F2N10O2/c1-42-15-21(47-2)16-43-18-38-26-7-3-5-22(30(26)43)25-6-4-8-29(41-25)40-20-12-28(33(42)46)44(14-20)31-23-13-39-45(32(23)37-17-36-31)27-10-9-19(34)11-24(27)35/h3-11,13,17-18,20-21,28H,12,14-16H2,1-2H3,(H,40,41)/t20-,21+,28-/m0/s1. The lowest BCUT2D eigenvalue weighted by Crippen LogP contribution is -2.47. The third kappa shape index (κ3) is 5.01. The Labute approximate surface area is 267 Å². The van der Waals surface area contributed by atoms with Crippen molar-refractivity contribution in [1.82, 2.24) is 39.2 Å². The van der Waals surface area contributed by atoms with Gasteiger partial charge in [0.15, 0.2) is 11.5 Å². The fourth-order valence-electron chi connectivity index (χ4n) is 6.72. The monoisotopic (exact) mass is 636 g/mol. The smallest absolute Gasteiger partial charge is 0.245 e. The number of anilines is 2. The molecule has 1 fully saturated rings. The highest BCUT2D eigenvalue weighted by atomic mass is 19.1. The number of nitrogens with one attached hydrogen (secondary N) is 1. The Balaban J connectivity index is 1.21. The number of fused-ring (bicyclic) bond motifs is 6. The number of likely N-dealkylation sites (N-methyl/N-ethyl adjacent to an activating group) is 1. The Kier molecular flexibility index (Phi) is 7.01. The van der Waals surface area contributed by atoms with Crippen molar-refractivity contribution in [3.8, 4) is 16.9 Å². The van der Waals surface area contributed by atoms with Crippen molar-refractivity contribution in [3.05, 3.63) is 85.1 Å². The molecule has 0 unspecified atom stereocenters. The maximum Gasteiger partial charge on any atom is 0.245 e. The number of para-hydroxylation sites is 1. The van der Waals surface area contributed by atoms with Crippen molar-refractivity contribution in [2.45, 2.75) is 31.2 Å². The molecule has 2 aromatic carbocycles. The summed E-state index contributed by atoms with van der Waals surface area (Å²) in [5.41, 5.74) is 3.92. The second-order valence-electron chi connectivity index (χ2n) is 11.9. The number of rotatable bonds is 3. The zero-order valence-corrected chi connectivity index (χ0v) is 25.6. The highest BCUT2D eigenvalue weighted by molar-refractivity contribution is 5.93. The van der Waals surface area contributed by atoms with Crippen LogP contribution >= 0.6 is 0 Å². The van der Waals surface area contributed by atoms with Crippen LogP contribution in [0.5, 0.6) is 0 Å². The van der Waals surface area contributed by atoms with Crippen LogP contribution in [0.2, 0.25) is 0 Å². The average Bonchev–Trinajstić information content (AvgIpc) is 3.81. The van der Waals surface area contributed by atoms with Crippen LogP contribution in [-0.4, -0.2) is 90.5 Å². The number of amides is 1. The van der Waals surface area contributed by atoms with Gasteiger partial charge in [-0.15, -0.1) is 0 Å². The van der Waals surface area contributed by atoms with Gasteiger partial charge >= 0.3 is 0 Å². The molecule has 6 aromatic rings. The molecule has 1 N–H and O–H groups in total. The molecule has 0 saturated carbocycles. The van der Waals surface area contributed by atoms with E-state index in [0.29, 0.717) is 48.7 Å². The van der Waals surface area contributed by atoms with Crippen LogP contribution in [0.1, 0.15) is 6.42 Å². The Morgan fingerprint density at radius 1 is 1.00 bits per heavy atom. The molecule has 4 bridgehead atoms. The first-order valence-electron chi connectivity index (χ1n) is 15.2. The van der Waals surface area contributed by atoms with Crippen molar-refractivity contribution < 1.29 is 18.3 Å². The minimum absolute atomic E-state index is 0.0501. The van der Waals surface area contributed by atoms with E-state index in [-0.39, 0.29) is 23.7 Å².